The first kappa shape index (κ1) is 19.6. The Morgan fingerprint density at radius 3 is 2.60 bits per heavy atom. The lowest BCUT2D eigenvalue weighted by Crippen LogP contribution is -2.26. The van der Waals surface area contributed by atoms with Crippen LogP contribution in [0.5, 0.6) is 0 Å². The molecule has 0 bridgehead atoms. The summed E-state index contributed by atoms with van der Waals surface area (Å²) in [4.78, 5) is 30.1. The number of carbonyl (C=O) groups excluding carboxylic acids is 1. The van der Waals surface area contributed by atoms with Crippen LogP contribution in [0.2, 0.25) is 0 Å². The SMILES string of the molecule is Cc1ccc(C)c(NC(=O)CCn2c(C)nc3c(cnn3-c3ccccc3)c2=O)c1. The van der Waals surface area contributed by atoms with Gasteiger partial charge in [-0.2, -0.15) is 5.10 Å². The lowest BCUT2D eigenvalue weighted by Gasteiger charge is -2.12. The smallest absolute Gasteiger partial charge is 0.264 e. The maximum absolute atomic E-state index is 13.0. The number of para-hydroxylation sites is 1. The molecule has 30 heavy (non-hydrogen) atoms. The standard InChI is InChI=1S/C23H23N5O2/c1-15-9-10-16(2)20(13-15)26-21(29)11-12-27-17(3)25-22-19(23(27)30)14-24-28(22)18-7-5-4-6-8-18/h4-10,13-14H,11-12H2,1-3H3,(H,26,29). The fourth-order valence-electron chi connectivity index (χ4n) is 3.42. The molecule has 1 amide bonds. The van der Waals surface area contributed by atoms with E-state index in [1.165, 1.54) is 10.8 Å². The highest BCUT2D eigenvalue weighted by molar-refractivity contribution is 5.91. The van der Waals surface area contributed by atoms with Crippen molar-refractivity contribution in [1.82, 2.24) is 19.3 Å². The Morgan fingerprint density at radius 1 is 1.07 bits per heavy atom. The van der Waals surface area contributed by atoms with Gasteiger partial charge in [-0.15, -0.1) is 0 Å². The van der Waals surface area contributed by atoms with E-state index in [-0.39, 0.29) is 24.4 Å². The Hall–Kier alpha value is -3.74. The molecule has 2 aromatic heterocycles. The molecule has 0 atom stereocenters. The molecule has 0 fully saturated rings. The second-order valence-electron chi connectivity index (χ2n) is 7.36. The second kappa shape index (κ2) is 7.94. The number of amides is 1. The zero-order chi connectivity index (χ0) is 21.3. The van der Waals surface area contributed by atoms with Gasteiger partial charge in [0.2, 0.25) is 5.91 Å². The van der Waals surface area contributed by atoms with Crippen LogP contribution >= 0.6 is 0 Å². The third kappa shape index (κ3) is 3.74. The van der Waals surface area contributed by atoms with Gasteiger partial charge in [-0.05, 0) is 50.1 Å². The van der Waals surface area contributed by atoms with Crippen molar-refractivity contribution in [2.45, 2.75) is 33.7 Å². The van der Waals surface area contributed by atoms with Crippen LogP contribution in [-0.4, -0.2) is 25.2 Å². The lowest BCUT2D eigenvalue weighted by atomic mass is 10.1. The Labute approximate surface area is 174 Å². The average molecular weight is 401 g/mol. The molecule has 0 aliphatic heterocycles. The van der Waals surface area contributed by atoms with Gasteiger partial charge < -0.3 is 5.32 Å². The Kier molecular flexibility index (Phi) is 5.18. The van der Waals surface area contributed by atoms with Crippen molar-refractivity contribution < 1.29 is 4.79 Å². The first-order chi connectivity index (χ1) is 14.4. The molecule has 4 rings (SSSR count). The van der Waals surface area contributed by atoms with E-state index in [2.05, 4.69) is 15.4 Å². The van der Waals surface area contributed by atoms with Crippen molar-refractivity contribution >= 4 is 22.6 Å². The highest BCUT2D eigenvalue weighted by Crippen LogP contribution is 2.17. The molecule has 4 aromatic rings. The number of aromatic nitrogens is 4. The summed E-state index contributed by atoms with van der Waals surface area (Å²) in [6.07, 6.45) is 1.71. The molecule has 2 heterocycles. The van der Waals surface area contributed by atoms with Crippen molar-refractivity contribution in [3.63, 3.8) is 0 Å². The monoisotopic (exact) mass is 401 g/mol. The molecular formula is C23H23N5O2. The van der Waals surface area contributed by atoms with E-state index in [9.17, 15) is 9.59 Å². The summed E-state index contributed by atoms with van der Waals surface area (Å²) in [5.41, 5.74) is 4.02. The molecule has 0 aliphatic carbocycles. The Balaban J connectivity index is 1.57. The fourth-order valence-corrected chi connectivity index (χ4v) is 3.42. The molecule has 0 aliphatic rings. The van der Waals surface area contributed by atoms with Crippen LogP contribution in [-0.2, 0) is 11.3 Å². The topological polar surface area (TPSA) is 81.8 Å². The molecule has 0 saturated heterocycles. The summed E-state index contributed by atoms with van der Waals surface area (Å²) in [7, 11) is 0. The summed E-state index contributed by atoms with van der Waals surface area (Å²) < 4.78 is 3.18. The number of rotatable bonds is 5. The number of hydrogen-bond acceptors (Lipinski definition) is 4. The summed E-state index contributed by atoms with van der Waals surface area (Å²) in [5.74, 6) is 0.403. The summed E-state index contributed by atoms with van der Waals surface area (Å²) in [6.45, 7) is 5.95. The zero-order valence-electron chi connectivity index (χ0n) is 17.2. The van der Waals surface area contributed by atoms with E-state index in [1.54, 1.807) is 11.6 Å². The predicted molar refractivity (Wildman–Crippen MR) is 117 cm³/mol. The first-order valence-electron chi connectivity index (χ1n) is 9.82. The van der Waals surface area contributed by atoms with Gasteiger partial charge in [0.15, 0.2) is 5.65 Å². The quantitative estimate of drug-likeness (QED) is 0.555. The Morgan fingerprint density at radius 2 is 1.83 bits per heavy atom. The molecular weight excluding hydrogens is 378 g/mol. The number of carbonyl (C=O) groups is 1. The van der Waals surface area contributed by atoms with Gasteiger partial charge >= 0.3 is 0 Å². The summed E-state index contributed by atoms with van der Waals surface area (Å²) in [5, 5.41) is 7.70. The maximum atomic E-state index is 13.0. The molecule has 0 unspecified atom stereocenters. The maximum Gasteiger partial charge on any atom is 0.264 e. The molecule has 7 nitrogen and oxygen atoms in total. The van der Waals surface area contributed by atoms with Crippen LogP contribution in [0.3, 0.4) is 0 Å². The molecule has 0 radical (unpaired) electrons. The van der Waals surface area contributed by atoms with Crippen molar-refractivity contribution in [1.29, 1.82) is 0 Å². The van der Waals surface area contributed by atoms with E-state index in [0.717, 1.165) is 22.5 Å². The molecule has 152 valence electrons. The van der Waals surface area contributed by atoms with Crippen molar-refractivity contribution in [2.75, 3.05) is 5.32 Å². The largest absolute Gasteiger partial charge is 0.326 e. The van der Waals surface area contributed by atoms with Gasteiger partial charge in [0, 0.05) is 18.7 Å². The third-order valence-electron chi connectivity index (χ3n) is 5.11. The average Bonchev–Trinajstić information content (AvgIpc) is 3.15. The van der Waals surface area contributed by atoms with Crippen molar-refractivity contribution in [3.8, 4) is 5.69 Å². The van der Waals surface area contributed by atoms with Crippen LogP contribution in [0.4, 0.5) is 5.69 Å². The first-order valence-corrected chi connectivity index (χ1v) is 9.82. The van der Waals surface area contributed by atoms with E-state index < -0.39 is 0 Å². The molecule has 0 spiro atoms. The highest BCUT2D eigenvalue weighted by Gasteiger charge is 2.15. The number of anilines is 1. The zero-order valence-corrected chi connectivity index (χ0v) is 17.2. The van der Waals surface area contributed by atoms with Gasteiger partial charge in [0.25, 0.3) is 5.56 Å². The lowest BCUT2D eigenvalue weighted by molar-refractivity contribution is -0.116. The highest BCUT2D eigenvalue weighted by atomic mass is 16.2. The van der Waals surface area contributed by atoms with Crippen LogP contribution in [0.15, 0.2) is 59.5 Å². The predicted octanol–water partition coefficient (Wildman–Crippen LogP) is 3.54. The minimum atomic E-state index is -0.195. The molecule has 7 heteroatoms. The number of nitrogens with zero attached hydrogens (tertiary/aromatic N) is 4. The summed E-state index contributed by atoms with van der Waals surface area (Å²) >= 11 is 0. The minimum absolute atomic E-state index is 0.143. The van der Waals surface area contributed by atoms with Gasteiger partial charge in [-0.1, -0.05) is 30.3 Å². The van der Waals surface area contributed by atoms with E-state index in [1.807, 2.05) is 62.4 Å². The van der Waals surface area contributed by atoms with E-state index >= 15 is 0 Å². The van der Waals surface area contributed by atoms with E-state index in [4.69, 9.17) is 0 Å². The number of nitrogens with one attached hydrogen (secondary N) is 1. The second-order valence-corrected chi connectivity index (χ2v) is 7.36. The Bertz CT molecular complexity index is 1290. The number of hydrogen-bond donors (Lipinski definition) is 1. The van der Waals surface area contributed by atoms with Gasteiger partial charge in [0.1, 0.15) is 11.2 Å². The number of aryl methyl sites for hydroxylation is 3. The van der Waals surface area contributed by atoms with Crippen molar-refractivity contribution in [2.24, 2.45) is 0 Å². The van der Waals surface area contributed by atoms with Gasteiger partial charge in [-0.3, -0.25) is 14.2 Å². The van der Waals surface area contributed by atoms with Gasteiger partial charge in [0.05, 0.1) is 11.9 Å². The normalized spacial score (nSPS) is 11.0. The number of benzene rings is 2. The molecule has 1 N–H and O–H groups in total. The summed E-state index contributed by atoms with van der Waals surface area (Å²) in [6, 6.07) is 15.5. The molecule has 2 aromatic carbocycles. The van der Waals surface area contributed by atoms with E-state index in [0.29, 0.717) is 16.9 Å². The fraction of sp³-hybridized carbons (Fsp3) is 0.217. The minimum Gasteiger partial charge on any atom is -0.326 e. The molecule has 0 saturated carbocycles. The van der Waals surface area contributed by atoms with Crippen LogP contribution in [0.1, 0.15) is 23.4 Å². The number of fused-ring (bicyclic) bond motifs is 1. The third-order valence-corrected chi connectivity index (χ3v) is 5.11. The van der Waals surface area contributed by atoms with Gasteiger partial charge in [-0.25, -0.2) is 9.67 Å². The van der Waals surface area contributed by atoms with Crippen LogP contribution in [0, 0.1) is 20.8 Å². The van der Waals surface area contributed by atoms with Crippen LogP contribution < -0.4 is 10.9 Å². The van der Waals surface area contributed by atoms with Crippen molar-refractivity contribution in [3.05, 3.63) is 82.0 Å². The van der Waals surface area contributed by atoms with Crippen LogP contribution in [0.25, 0.3) is 16.7 Å².